The van der Waals surface area contributed by atoms with Crippen molar-refractivity contribution in [2.75, 3.05) is 19.0 Å². The third-order valence-electron chi connectivity index (χ3n) is 2.35. The molecule has 0 bridgehead atoms. The van der Waals surface area contributed by atoms with E-state index >= 15 is 0 Å². The summed E-state index contributed by atoms with van der Waals surface area (Å²) < 4.78 is 10.8. The van der Waals surface area contributed by atoms with Crippen LogP contribution in [-0.2, 0) is 11.2 Å². The quantitative estimate of drug-likeness (QED) is 0.857. The molecular formula is C11H15N3O2S. The topological polar surface area (TPSA) is 60.2 Å². The van der Waals surface area contributed by atoms with Crippen LogP contribution in [0.5, 0.6) is 0 Å². The second-order valence-electron chi connectivity index (χ2n) is 3.48. The lowest BCUT2D eigenvalue weighted by Gasteiger charge is -2.13. The number of aryl methyl sites for hydroxylation is 1. The van der Waals surface area contributed by atoms with Gasteiger partial charge in [0.25, 0.3) is 0 Å². The molecule has 17 heavy (non-hydrogen) atoms. The van der Waals surface area contributed by atoms with E-state index in [0.717, 1.165) is 6.42 Å². The minimum Gasteiger partial charge on any atom is -0.408 e. The lowest BCUT2D eigenvalue weighted by molar-refractivity contribution is 0.116. The minimum absolute atomic E-state index is 0.00646. The van der Waals surface area contributed by atoms with E-state index in [4.69, 9.17) is 9.15 Å². The molecule has 0 aliphatic heterocycles. The number of hydrogen-bond acceptors (Lipinski definition) is 6. The molecule has 6 heteroatoms. The molecule has 1 unspecified atom stereocenters. The second-order valence-corrected chi connectivity index (χ2v) is 4.45. The Morgan fingerprint density at radius 1 is 1.53 bits per heavy atom. The molecule has 0 saturated heterocycles. The third-order valence-corrected chi connectivity index (χ3v) is 3.32. The van der Waals surface area contributed by atoms with Gasteiger partial charge in [-0.15, -0.1) is 16.4 Å². The highest BCUT2D eigenvalue weighted by Crippen LogP contribution is 2.22. The van der Waals surface area contributed by atoms with Crippen molar-refractivity contribution in [1.82, 2.24) is 10.2 Å². The van der Waals surface area contributed by atoms with Gasteiger partial charge < -0.3 is 14.5 Å². The average molecular weight is 253 g/mol. The van der Waals surface area contributed by atoms with E-state index in [-0.39, 0.29) is 6.10 Å². The summed E-state index contributed by atoms with van der Waals surface area (Å²) in [6.07, 6.45) is 0.750. The maximum absolute atomic E-state index is 5.41. The molecule has 0 aromatic carbocycles. The lowest BCUT2D eigenvalue weighted by Crippen LogP contribution is -2.13. The zero-order chi connectivity index (χ0) is 12.1. The van der Waals surface area contributed by atoms with Gasteiger partial charge in [-0.05, 0) is 11.4 Å². The van der Waals surface area contributed by atoms with Gasteiger partial charge in [0.2, 0.25) is 5.89 Å². The highest BCUT2D eigenvalue weighted by Gasteiger charge is 2.12. The van der Waals surface area contributed by atoms with E-state index in [9.17, 15) is 0 Å². The first kappa shape index (κ1) is 12.1. The fraction of sp³-hybridized carbons (Fsp3) is 0.455. The number of nitrogens with one attached hydrogen (secondary N) is 1. The maximum Gasteiger partial charge on any atom is 0.315 e. The van der Waals surface area contributed by atoms with Gasteiger partial charge in [0.15, 0.2) is 0 Å². The van der Waals surface area contributed by atoms with Crippen molar-refractivity contribution in [3.05, 3.63) is 28.3 Å². The number of methoxy groups -OCH3 is 1. The number of aromatic nitrogens is 2. The molecule has 0 aliphatic carbocycles. The summed E-state index contributed by atoms with van der Waals surface area (Å²) in [5.74, 6) is 0.637. The molecule has 0 radical (unpaired) electrons. The van der Waals surface area contributed by atoms with Crippen LogP contribution in [0, 0.1) is 0 Å². The van der Waals surface area contributed by atoms with Crippen LogP contribution >= 0.6 is 11.3 Å². The van der Waals surface area contributed by atoms with Crippen LogP contribution in [-0.4, -0.2) is 23.9 Å². The average Bonchev–Trinajstić information content (AvgIpc) is 3.00. The number of ether oxygens (including phenoxy) is 1. The summed E-state index contributed by atoms with van der Waals surface area (Å²) in [5, 5.41) is 12.9. The Morgan fingerprint density at radius 2 is 2.41 bits per heavy atom. The predicted molar refractivity (Wildman–Crippen MR) is 66.2 cm³/mol. The molecule has 2 heterocycles. The maximum atomic E-state index is 5.41. The Hall–Kier alpha value is -1.40. The zero-order valence-corrected chi connectivity index (χ0v) is 10.7. The minimum atomic E-state index is 0.00646. The monoisotopic (exact) mass is 253 g/mol. The van der Waals surface area contributed by atoms with E-state index in [2.05, 4.69) is 15.5 Å². The van der Waals surface area contributed by atoms with E-state index in [0.29, 0.717) is 18.5 Å². The van der Waals surface area contributed by atoms with Gasteiger partial charge in [-0.3, -0.25) is 0 Å². The summed E-state index contributed by atoms with van der Waals surface area (Å²) in [7, 11) is 1.69. The normalized spacial score (nSPS) is 12.6. The highest BCUT2D eigenvalue weighted by atomic mass is 32.1. The standard InChI is InChI=1S/C11H15N3O2S/c1-3-10-13-14-11(16-10)12-7-8(15-2)9-5-4-6-17-9/h4-6,8H,3,7H2,1-2H3,(H,12,14). The molecule has 0 amide bonds. The Balaban J connectivity index is 1.92. The molecular weight excluding hydrogens is 238 g/mol. The summed E-state index contributed by atoms with van der Waals surface area (Å²) in [4.78, 5) is 1.18. The van der Waals surface area contributed by atoms with Crippen LogP contribution in [0.1, 0.15) is 23.8 Å². The molecule has 1 atom stereocenters. The second kappa shape index (κ2) is 5.79. The summed E-state index contributed by atoms with van der Waals surface area (Å²) in [6, 6.07) is 4.50. The fourth-order valence-corrected chi connectivity index (χ4v) is 2.23. The van der Waals surface area contributed by atoms with Crippen molar-refractivity contribution in [2.45, 2.75) is 19.4 Å². The van der Waals surface area contributed by atoms with Crippen LogP contribution in [0.15, 0.2) is 21.9 Å². The van der Waals surface area contributed by atoms with Crippen molar-refractivity contribution >= 4 is 17.4 Å². The highest BCUT2D eigenvalue weighted by molar-refractivity contribution is 7.10. The Kier molecular flexibility index (Phi) is 4.11. The largest absolute Gasteiger partial charge is 0.408 e. The van der Waals surface area contributed by atoms with Crippen LogP contribution in [0.2, 0.25) is 0 Å². The molecule has 5 nitrogen and oxygen atoms in total. The number of rotatable bonds is 6. The summed E-state index contributed by atoms with van der Waals surface area (Å²) >= 11 is 1.67. The van der Waals surface area contributed by atoms with Gasteiger partial charge in [-0.25, -0.2) is 0 Å². The van der Waals surface area contributed by atoms with Crippen molar-refractivity contribution < 1.29 is 9.15 Å². The molecule has 0 saturated carbocycles. The van der Waals surface area contributed by atoms with Gasteiger partial charge >= 0.3 is 6.01 Å². The van der Waals surface area contributed by atoms with Gasteiger partial charge in [0.05, 0.1) is 6.54 Å². The van der Waals surface area contributed by atoms with Gasteiger partial charge in [0, 0.05) is 18.4 Å². The van der Waals surface area contributed by atoms with Crippen molar-refractivity contribution in [3.8, 4) is 0 Å². The first-order valence-corrected chi connectivity index (χ1v) is 6.34. The van der Waals surface area contributed by atoms with Crippen LogP contribution in [0.25, 0.3) is 0 Å². The molecule has 2 aromatic heterocycles. The third kappa shape index (κ3) is 3.04. The summed E-state index contributed by atoms with van der Waals surface area (Å²) in [6.45, 7) is 2.59. The van der Waals surface area contributed by atoms with Crippen LogP contribution in [0.4, 0.5) is 6.01 Å². The molecule has 2 aromatic rings. The van der Waals surface area contributed by atoms with E-state index < -0.39 is 0 Å². The predicted octanol–water partition coefficient (Wildman–Crippen LogP) is 2.49. The van der Waals surface area contributed by atoms with Crippen LogP contribution in [0.3, 0.4) is 0 Å². The molecule has 0 spiro atoms. The van der Waals surface area contributed by atoms with E-state index in [1.807, 2.05) is 24.4 Å². The lowest BCUT2D eigenvalue weighted by atomic mass is 10.3. The fourth-order valence-electron chi connectivity index (χ4n) is 1.42. The molecule has 0 fully saturated rings. The molecule has 2 rings (SSSR count). The SMILES string of the molecule is CCc1nnc(NCC(OC)c2cccs2)o1. The van der Waals surface area contributed by atoms with Crippen LogP contribution < -0.4 is 5.32 Å². The molecule has 1 N–H and O–H groups in total. The Morgan fingerprint density at radius 3 is 3.00 bits per heavy atom. The first-order chi connectivity index (χ1) is 8.33. The van der Waals surface area contributed by atoms with Crippen molar-refractivity contribution in [1.29, 1.82) is 0 Å². The zero-order valence-electron chi connectivity index (χ0n) is 9.84. The van der Waals surface area contributed by atoms with Gasteiger partial charge in [0.1, 0.15) is 6.10 Å². The molecule has 92 valence electrons. The smallest absolute Gasteiger partial charge is 0.315 e. The number of anilines is 1. The van der Waals surface area contributed by atoms with Crippen molar-refractivity contribution in [2.24, 2.45) is 0 Å². The number of hydrogen-bond donors (Lipinski definition) is 1. The van der Waals surface area contributed by atoms with E-state index in [1.54, 1.807) is 18.4 Å². The first-order valence-electron chi connectivity index (χ1n) is 5.46. The van der Waals surface area contributed by atoms with Crippen molar-refractivity contribution in [3.63, 3.8) is 0 Å². The van der Waals surface area contributed by atoms with Gasteiger partial charge in [-0.1, -0.05) is 18.1 Å². The Bertz CT molecular complexity index is 441. The number of nitrogens with zero attached hydrogens (tertiary/aromatic N) is 2. The number of thiophene rings is 1. The van der Waals surface area contributed by atoms with Gasteiger partial charge in [-0.2, -0.15) is 0 Å². The van der Waals surface area contributed by atoms with E-state index in [1.165, 1.54) is 4.88 Å². The summed E-state index contributed by atoms with van der Waals surface area (Å²) in [5.41, 5.74) is 0. The molecule has 0 aliphatic rings. The Labute approximate surface area is 104 Å².